The maximum atomic E-state index is 5.80. The largest absolute Gasteiger partial charge is 0.286 e. The zero-order chi connectivity index (χ0) is 14.8. The van der Waals surface area contributed by atoms with Gasteiger partial charge in [0.2, 0.25) is 0 Å². The summed E-state index contributed by atoms with van der Waals surface area (Å²) in [5.74, 6) is 2.94. The van der Waals surface area contributed by atoms with Crippen LogP contribution in [-0.4, -0.2) is 24.0 Å². The van der Waals surface area contributed by atoms with Gasteiger partial charge in [0.1, 0.15) is 0 Å². The van der Waals surface area contributed by atoms with Crippen molar-refractivity contribution < 1.29 is 0 Å². The van der Waals surface area contributed by atoms with Gasteiger partial charge < -0.3 is 0 Å². The molecule has 0 heterocycles. The Morgan fingerprint density at radius 2 is 1.70 bits per heavy atom. The third kappa shape index (κ3) is 4.87. The van der Waals surface area contributed by atoms with E-state index in [2.05, 4.69) is 43.4 Å². The molecule has 0 N–H and O–H groups in total. The molecule has 108 valence electrons. The fourth-order valence-electron chi connectivity index (χ4n) is 2.33. The standard InChI is InChI=1S/C19H27N/c1-5-8-15-20(16-9-6-2)19(7-3)17(4)18-13-11-10-12-14-18/h3,10-14,19H,4-6,8-9,15-16H2,1-2H3. The lowest BCUT2D eigenvalue weighted by atomic mass is 9.99. The van der Waals surface area contributed by atoms with E-state index in [4.69, 9.17) is 6.42 Å². The maximum Gasteiger partial charge on any atom is 0.0968 e. The summed E-state index contributed by atoms with van der Waals surface area (Å²) in [6, 6.07) is 10.3. The minimum absolute atomic E-state index is 0.00972. The smallest absolute Gasteiger partial charge is 0.0968 e. The van der Waals surface area contributed by atoms with Gasteiger partial charge in [0.15, 0.2) is 0 Å². The van der Waals surface area contributed by atoms with E-state index in [1.165, 1.54) is 25.7 Å². The maximum absolute atomic E-state index is 5.80. The summed E-state index contributed by atoms with van der Waals surface area (Å²) >= 11 is 0. The summed E-state index contributed by atoms with van der Waals surface area (Å²) in [7, 11) is 0. The molecule has 1 heteroatoms. The van der Waals surface area contributed by atoms with Crippen LogP contribution >= 0.6 is 0 Å². The van der Waals surface area contributed by atoms with Crippen LogP contribution in [0.25, 0.3) is 5.57 Å². The average molecular weight is 269 g/mol. The molecular formula is C19H27N. The normalized spacial score (nSPS) is 12.1. The highest BCUT2D eigenvalue weighted by Crippen LogP contribution is 2.21. The van der Waals surface area contributed by atoms with E-state index in [0.29, 0.717) is 0 Å². The van der Waals surface area contributed by atoms with Crippen LogP contribution in [0.3, 0.4) is 0 Å². The van der Waals surface area contributed by atoms with Crippen LogP contribution in [0.2, 0.25) is 0 Å². The summed E-state index contributed by atoms with van der Waals surface area (Å²) in [5, 5.41) is 0. The summed E-state index contributed by atoms with van der Waals surface area (Å²) in [5.41, 5.74) is 2.19. The van der Waals surface area contributed by atoms with E-state index in [9.17, 15) is 0 Å². The monoisotopic (exact) mass is 269 g/mol. The van der Waals surface area contributed by atoms with E-state index in [0.717, 1.165) is 24.2 Å². The van der Waals surface area contributed by atoms with Gasteiger partial charge in [-0.25, -0.2) is 0 Å². The Hall–Kier alpha value is -1.52. The fraction of sp³-hybridized carbons (Fsp3) is 0.474. The van der Waals surface area contributed by atoms with Gasteiger partial charge in [-0.1, -0.05) is 69.5 Å². The highest BCUT2D eigenvalue weighted by Gasteiger charge is 2.19. The Bertz CT molecular complexity index is 419. The average Bonchev–Trinajstić information content (AvgIpc) is 2.50. The summed E-state index contributed by atoms with van der Waals surface area (Å²) < 4.78 is 0. The van der Waals surface area contributed by atoms with Gasteiger partial charge in [-0.2, -0.15) is 0 Å². The van der Waals surface area contributed by atoms with Gasteiger partial charge in [0.25, 0.3) is 0 Å². The molecule has 0 aliphatic heterocycles. The molecule has 0 aliphatic rings. The van der Waals surface area contributed by atoms with Crippen molar-refractivity contribution in [2.75, 3.05) is 13.1 Å². The first kappa shape index (κ1) is 16.5. The number of nitrogens with zero attached hydrogens (tertiary/aromatic N) is 1. The Morgan fingerprint density at radius 3 is 2.15 bits per heavy atom. The quantitative estimate of drug-likeness (QED) is 0.592. The first-order valence-electron chi connectivity index (χ1n) is 7.69. The lowest BCUT2D eigenvalue weighted by Gasteiger charge is -2.29. The number of unbranched alkanes of at least 4 members (excludes halogenated alkanes) is 2. The van der Waals surface area contributed by atoms with E-state index < -0.39 is 0 Å². The van der Waals surface area contributed by atoms with Crippen molar-refractivity contribution in [3.63, 3.8) is 0 Å². The Kier molecular flexibility index (Phi) is 7.77. The van der Waals surface area contributed by atoms with Crippen molar-refractivity contribution in [2.45, 2.75) is 45.6 Å². The van der Waals surface area contributed by atoms with Crippen LogP contribution in [0.5, 0.6) is 0 Å². The van der Waals surface area contributed by atoms with Crippen molar-refractivity contribution >= 4 is 5.57 Å². The van der Waals surface area contributed by atoms with Crippen LogP contribution < -0.4 is 0 Å². The highest BCUT2D eigenvalue weighted by molar-refractivity contribution is 5.70. The Morgan fingerprint density at radius 1 is 1.15 bits per heavy atom. The van der Waals surface area contributed by atoms with E-state index >= 15 is 0 Å². The summed E-state index contributed by atoms with van der Waals surface area (Å²) in [6.45, 7) is 10.8. The van der Waals surface area contributed by atoms with Crippen LogP contribution in [0.15, 0.2) is 36.9 Å². The second-order valence-electron chi connectivity index (χ2n) is 5.20. The fourth-order valence-corrected chi connectivity index (χ4v) is 2.33. The molecule has 0 spiro atoms. The van der Waals surface area contributed by atoms with Crippen molar-refractivity contribution in [2.24, 2.45) is 0 Å². The van der Waals surface area contributed by atoms with E-state index in [-0.39, 0.29) is 6.04 Å². The summed E-state index contributed by atoms with van der Waals surface area (Å²) in [4.78, 5) is 2.41. The SMILES string of the molecule is C#CC(C(=C)c1ccccc1)N(CCCC)CCCC. The molecule has 0 bridgehead atoms. The highest BCUT2D eigenvalue weighted by atomic mass is 15.1. The second kappa shape index (κ2) is 9.39. The third-order valence-corrected chi connectivity index (χ3v) is 3.60. The Labute approximate surface area is 124 Å². The molecule has 0 aromatic heterocycles. The lowest BCUT2D eigenvalue weighted by molar-refractivity contribution is 0.262. The van der Waals surface area contributed by atoms with Crippen molar-refractivity contribution in [1.82, 2.24) is 4.90 Å². The zero-order valence-electron chi connectivity index (χ0n) is 12.9. The van der Waals surface area contributed by atoms with Gasteiger partial charge >= 0.3 is 0 Å². The molecule has 0 aliphatic carbocycles. The molecule has 0 saturated heterocycles. The van der Waals surface area contributed by atoms with E-state index in [1.807, 2.05) is 18.2 Å². The Balaban J connectivity index is 2.83. The predicted octanol–water partition coefficient (Wildman–Crippen LogP) is 4.60. The molecule has 20 heavy (non-hydrogen) atoms. The van der Waals surface area contributed by atoms with Gasteiger partial charge in [-0.05, 0) is 37.1 Å². The van der Waals surface area contributed by atoms with Gasteiger partial charge in [-0.15, -0.1) is 6.42 Å². The number of hydrogen-bond acceptors (Lipinski definition) is 1. The van der Waals surface area contributed by atoms with E-state index in [1.54, 1.807) is 0 Å². The zero-order valence-corrected chi connectivity index (χ0v) is 12.9. The lowest BCUT2D eigenvalue weighted by Crippen LogP contribution is -2.36. The number of hydrogen-bond donors (Lipinski definition) is 0. The molecular weight excluding hydrogens is 242 g/mol. The first-order chi connectivity index (χ1) is 9.74. The molecule has 1 aromatic rings. The van der Waals surface area contributed by atoms with Gasteiger partial charge in [0.05, 0.1) is 6.04 Å². The first-order valence-corrected chi connectivity index (χ1v) is 7.69. The molecule has 1 rings (SSSR count). The number of terminal acetylenes is 1. The van der Waals surface area contributed by atoms with Crippen molar-refractivity contribution in [3.05, 3.63) is 42.5 Å². The van der Waals surface area contributed by atoms with Crippen molar-refractivity contribution in [1.29, 1.82) is 0 Å². The molecule has 0 saturated carbocycles. The molecule has 1 atom stereocenters. The second-order valence-corrected chi connectivity index (χ2v) is 5.20. The third-order valence-electron chi connectivity index (χ3n) is 3.60. The topological polar surface area (TPSA) is 3.24 Å². The van der Waals surface area contributed by atoms with Crippen LogP contribution in [-0.2, 0) is 0 Å². The molecule has 1 aromatic carbocycles. The minimum Gasteiger partial charge on any atom is -0.286 e. The molecule has 0 fully saturated rings. The van der Waals surface area contributed by atoms with Gasteiger partial charge in [0, 0.05) is 0 Å². The van der Waals surface area contributed by atoms with Crippen LogP contribution in [0.1, 0.15) is 45.1 Å². The number of rotatable bonds is 9. The molecule has 1 nitrogen and oxygen atoms in total. The molecule has 0 amide bonds. The summed E-state index contributed by atoms with van der Waals surface area (Å²) in [6.07, 6.45) is 10.6. The van der Waals surface area contributed by atoms with Crippen molar-refractivity contribution in [3.8, 4) is 12.3 Å². The molecule has 1 unspecified atom stereocenters. The van der Waals surface area contributed by atoms with Gasteiger partial charge in [-0.3, -0.25) is 4.90 Å². The minimum atomic E-state index is 0.00972. The number of benzene rings is 1. The predicted molar refractivity (Wildman–Crippen MR) is 89.5 cm³/mol. The van der Waals surface area contributed by atoms with Crippen LogP contribution in [0, 0.1) is 12.3 Å². The van der Waals surface area contributed by atoms with Crippen LogP contribution in [0.4, 0.5) is 0 Å². The molecule has 0 radical (unpaired) electrons.